The molecule has 2 aliphatic rings. The van der Waals surface area contributed by atoms with Gasteiger partial charge in [-0.25, -0.2) is 15.0 Å². The zero-order valence-electron chi connectivity index (χ0n) is 15.6. The van der Waals surface area contributed by atoms with Crippen LogP contribution in [0, 0.1) is 0 Å². The molecule has 0 aliphatic carbocycles. The van der Waals surface area contributed by atoms with Crippen molar-refractivity contribution in [3.8, 4) is 40.2 Å². The summed E-state index contributed by atoms with van der Waals surface area (Å²) in [6, 6.07) is 7.75. The highest BCUT2D eigenvalue weighted by Gasteiger charge is 2.25. The van der Waals surface area contributed by atoms with Crippen molar-refractivity contribution in [1.29, 1.82) is 0 Å². The number of hydrogen-bond acceptors (Lipinski definition) is 7. The Morgan fingerprint density at radius 3 is 2.69 bits per heavy atom. The summed E-state index contributed by atoms with van der Waals surface area (Å²) in [4.78, 5) is 13.8. The first kappa shape index (κ1) is 16.2. The van der Waals surface area contributed by atoms with Crippen LogP contribution in [-0.2, 0) is 6.42 Å². The molecule has 8 heteroatoms. The van der Waals surface area contributed by atoms with Gasteiger partial charge in [-0.2, -0.15) is 0 Å². The van der Waals surface area contributed by atoms with E-state index in [0.29, 0.717) is 17.4 Å². The first-order valence-electron chi connectivity index (χ1n) is 9.33. The van der Waals surface area contributed by atoms with Gasteiger partial charge < -0.3 is 18.9 Å². The van der Waals surface area contributed by atoms with Crippen LogP contribution >= 0.6 is 0 Å². The third-order valence-electron chi connectivity index (χ3n) is 5.15. The van der Waals surface area contributed by atoms with E-state index in [9.17, 15) is 0 Å². The molecular weight excluding hydrogens is 372 g/mol. The van der Waals surface area contributed by atoms with E-state index in [1.54, 1.807) is 17.1 Å². The van der Waals surface area contributed by atoms with E-state index in [1.165, 1.54) is 0 Å². The minimum atomic E-state index is 0.208. The van der Waals surface area contributed by atoms with Crippen LogP contribution < -0.4 is 18.9 Å². The summed E-state index contributed by atoms with van der Waals surface area (Å²) in [5.74, 6) is 3.44. The van der Waals surface area contributed by atoms with Crippen LogP contribution in [0.25, 0.3) is 28.1 Å². The second-order valence-electron chi connectivity index (χ2n) is 6.75. The normalized spacial score (nSPS) is 14.0. The lowest BCUT2D eigenvalue weighted by Gasteiger charge is -2.14. The molecule has 144 valence electrons. The van der Waals surface area contributed by atoms with E-state index in [0.717, 1.165) is 45.6 Å². The second kappa shape index (κ2) is 6.10. The average Bonchev–Trinajstić information content (AvgIpc) is 3.51. The third-order valence-corrected chi connectivity index (χ3v) is 5.15. The van der Waals surface area contributed by atoms with Crippen LogP contribution in [0.1, 0.15) is 12.5 Å². The highest BCUT2D eigenvalue weighted by molar-refractivity contribution is 5.98. The van der Waals surface area contributed by atoms with Crippen molar-refractivity contribution < 1.29 is 18.9 Å². The monoisotopic (exact) mass is 388 g/mol. The van der Waals surface area contributed by atoms with Crippen molar-refractivity contribution in [1.82, 2.24) is 19.5 Å². The summed E-state index contributed by atoms with van der Waals surface area (Å²) in [5, 5.41) is 0.944. The molecule has 0 atom stereocenters. The van der Waals surface area contributed by atoms with Crippen molar-refractivity contribution in [2.75, 3.05) is 13.6 Å². The van der Waals surface area contributed by atoms with Crippen LogP contribution in [0.4, 0.5) is 0 Å². The first-order chi connectivity index (χ1) is 14.3. The van der Waals surface area contributed by atoms with Crippen molar-refractivity contribution in [2.24, 2.45) is 0 Å². The predicted octanol–water partition coefficient (Wildman–Crippen LogP) is 3.50. The van der Waals surface area contributed by atoms with Crippen molar-refractivity contribution in [3.05, 3.63) is 48.5 Å². The van der Waals surface area contributed by atoms with E-state index >= 15 is 0 Å². The van der Waals surface area contributed by atoms with E-state index in [-0.39, 0.29) is 13.6 Å². The second-order valence-corrected chi connectivity index (χ2v) is 6.75. The number of aromatic nitrogens is 4. The fourth-order valence-electron chi connectivity index (χ4n) is 3.82. The quantitative estimate of drug-likeness (QED) is 0.531. The Kier molecular flexibility index (Phi) is 3.40. The maximum atomic E-state index is 5.76. The van der Waals surface area contributed by atoms with E-state index in [2.05, 4.69) is 11.9 Å². The lowest BCUT2D eigenvalue weighted by Crippen LogP contribution is -2.03. The van der Waals surface area contributed by atoms with Gasteiger partial charge in [0.25, 0.3) is 0 Å². The molecule has 0 saturated heterocycles. The SMILES string of the molecule is CCc1c2c(cc3nc(-n4ccnc4)nc(-c4ccc5c(c4)OCO5)c13)OCO2. The molecule has 4 heterocycles. The van der Waals surface area contributed by atoms with Crippen LogP contribution in [-0.4, -0.2) is 33.1 Å². The molecule has 2 aromatic carbocycles. The van der Waals surface area contributed by atoms with Gasteiger partial charge in [0.05, 0.1) is 11.2 Å². The topological polar surface area (TPSA) is 80.5 Å². The number of ether oxygens (including phenoxy) is 4. The Labute approximate surface area is 165 Å². The summed E-state index contributed by atoms with van der Waals surface area (Å²) in [6.45, 7) is 2.52. The highest BCUT2D eigenvalue weighted by atomic mass is 16.7. The molecule has 8 nitrogen and oxygen atoms in total. The number of benzene rings is 2. The number of fused-ring (bicyclic) bond motifs is 3. The van der Waals surface area contributed by atoms with Gasteiger partial charge in [-0.05, 0) is 24.6 Å². The molecule has 2 aromatic heterocycles. The van der Waals surface area contributed by atoms with E-state index in [4.69, 9.17) is 28.9 Å². The highest BCUT2D eigenvalue weighted by Crippen LogP contribution is 2.44. The molecule has 29 heavy (non-hydrogen) atoms. The number of hydrogen-bond donors (Lipinski definition) is 0. The van der Waals surface area contributed by atoms with Gasteiger partial charge in [-0.15, -0.1) is 0 Å². The number of imidazole rings is 1. The number of rotatable bonds is 3. The van der Waals surface area contributed by atoms with Gasteiger partial charge in [0.2, 0.25) is 19.5 Å². The molecule has 0 bridgehead atoms. The Bertz CT molecular complexity index is 1250. The fourth-order valence-corrected chi connectivity index (χ4v) is 3.82. The molecule has 0 radical (unpaired) electrons. The molecule has 2 aliphatic heterocycles. The number of nitrogens with zero attached hydrogens (tertiary/aromatic N) is 4. The van der Waals surface area contributed by atoms with Gasteiger partial charge in [0, 0.05) is 35.0 Å². The van der Waals surface area contributed by atoms with Crippen LogP contribution in [0.15, 0.2) is 43.0 Å². The maximum Gasteiger partial charge on any atom is 0.236 e. The maximum absolute atomic E-state index is 5.76. The largest absolute Gasteiger partial charge is 0.454 e. The fraction of sp³-hybridized carbons (Fsp3) is 0.190. The Morgan fingerprint density at radius 2 is 1.83 bits per heavy atom. The standard InChI is InChI=1S/C21H16N4O4/c1-2-13-18-14(8-17-20(13)29-11-28-17)23-21(25-6-5-22-9-25)24-19(18)12-3-4-15-16(7-12)27-10-26-15/h3-9H,2,10-11H2,1H3. The Hall–Kier alpha value is -3.81. The molecule has 6 rings (SSSR count). The summed E-state index contributed by atoms with van der Waals surface area (Å²) < 4.78 is 24.2. The van der Waals surface area contributed by atoms with Gasteiger partial charge in [0.15, 0.2) is 23.0 Å². The molecule has 0 amide bonds. The average molecular weight is 388 g/mol. The Balaban J connectivity index is 1.69. The van der Waals surface area contributed by atoms with Gasteiger partial charge in [0.1, 0.15) is 6.33 Å². The van der Waals surface area contributed by atoms with E-state index < -0.39 is 0 Å². The van der Waals surface area contributed by atoms with Crippen molar-refractivity contribution >= 4 is 10.9 Å². The van der Waals surface area contributed by atoms with Gasteiger partial charge >= 0.3 is 0 Å². The summed E-state index contributed by atoms with van der Waals surface area (Å²) in [5.41, 5.74) is 3.53. The zero-order chi connectivity index (χ0) is 19.4. The van der Waals surface area contributed by atoms with Crippen LogP contribution in [0.2, 0.25) is 0 Å². The molecule has 0 fully saturated rings. The van der Waals surface area contributed by atoms with Crippen molar-refractivity contribution in [2.45, 2.75) is 13.3 Å². The zero-order valence-corrected chi connectivity index (χ0v) is 15.6. The molecule has 0 saturated carbocycles. The predicted molar refractivity (Wildman–Crippen MR) is 104 cm³/mol. The first-order valence-corrected chi connectivity index (χ1v) is 9.33. The molecule has 4 aromatic rings. The molecule has 0 unspecified atom stereocenters. The molecule has 0 spiro atoms. The summed E-state index contributed by atoms with van der Waals surface area (Å²) >= 11 is 0. The van der Waals surface area contributed by atoms with Gasteiger partial charge in [-0.3, -0.25) is 4.57 Å². The smallest absolute Gasteiger partial charge is 0.236 e. The van der Waals surface area contributed by atoms with Crippen molar-refractivity contribution in [3.63, 3.8) is 0 Å². The van der Waals surface area contributed by atoms with E-state index in [1.807, 2.05) is 30.5 Å². The van der Waals surface area contributed by atoms with Crippen LogP contribution in [0.3, 0.4) is 0 Å². The Morgan fingerprint density at radius 1 is 0.966 bits per heavy atom. The minimum absolute atomic E-state index is 0.208. The molecule has 0 N–H and O–H groups in total. The lowest BCUT2D eigenvalue weighted by molar-refractivity contribution is 0.173. The summed E-state index contributed by atoms with van der Waals surface area (Å²) in [6.07, 6.45) is 5.95. The lowest BCUT2D eigenvalue weighted by atomic mass is 9.98. The molecular formula is C21H16N4O4. The minimum Gasteiger partial charge on any atom is -0.454 e. The third kappa shape index (κ3) is 2.42. The van der Waals surface area contributed by atoms with Gasteiger partial charge in [-0.1, -0.05) is 6.92 Å². The van der Waals surface area contributed by atoms with Crippen LogP contribution in [0.5, 0.6) is 23.0 Å². The summed E-state index contributed by atoms with van der Waals surface area (Å²) in [7, 11) is 0. The number of aryl methyl sites for hydroxylation is 1.